The summed E-state index contributed by atoms with van der Waals surface area (Å²) in [6.07, 6.45) is 5.19. The smallest absolute Gasteiger partial charge is 0.234 e. The summed E-state index contributed by atoms with van der Waals surface area (Å²) in [6.45, 7) is 4.61. The Morgan fingerprint density at radius 3 is 2.40 bits per heavy atom. The van der Waals surface area contributed by atoms with Gasteiger partial charge in [0.1, 0.15) is 0 Å². The number of carbonyl (C=O) groups is 2. The van der Waals surface area contributed by atoms with Crippen LogP contribution >= 0.6 is 0 Å². The van der Waals surface area contributed by atoms with E-state index in [0.29, 0.717) is 12.5 Å². The molecule has 2 aliphatic heterocycles. The predicted molar refractivity (Wildman–Crippen MR) is 98.0 cm³/mol. The maximum Gasteiger partial charge on any atom is 0.234 e. The van der Waals surface area contributed by atoms with Crippen LogP contribution in [0.25, 0.3) is 0 Å². The number of aryl methyl sites for hydroxylation is 2. The summed E-state index contributed by atoms with van der Waals surface area (Å²) in [4.78, 5) is 28.3. The van der Waals surface area contributed by atoms with Gasteiger partial charge >= 0.3 is 0 Å². The van der Waals surface area contributed by atoms with E-state index in [0.717, 1.165) is 51.7 Å². The minimum absolute atomic E-state index is 0.103. The topological polar surface area (TPSA) is 66.6 Å². The summed E-state index contributed by atoms with van der Waals surface area (Å²) in [5.41, 5.74) is 7.99. The second-order valence-electron chi connectivity index (χ2n) is 7.40. The van der Waals surface area contributed by atoms with Crippen LogP contribution in [-0.4, -0.2) is 53.3 Å². The van der Waals surface area contributed by atoms with Gasteiger partial charge in [-0.2, -0.15) is 0 Å². The van der Waals surface area contributed by atoms with Gasteiger partial charge in [-0.3, -0.25) is 14.5 Å². The zero-order chi connectivity index (χ0) is 17.8. The molecule has 3 rings (SSSR count). The molecule has 136 valence electrons. The van der Waals surface area contributed by atoms with Crippen molar-refractivity contribution in [2.24, 2.45) is 5.73 Å². The van der Waals surface area contributed by atoms with Gasteiger partial charge in [-0.05, 0) is 51.1 Å². The molecule has 2 N–H and O–H groups in total. The first-order valence-electron chi connectivity index (χ1n) is 9.43. The molecule has 1 aromatic carbocycles. The largest absolute Gasteiger partial charge is 0.368 e. The summed E-state index contributed by atoms with van der Waals surface area (Å²) in [7, 11) is 0. The average molecular weight is 343 g/mol. The van der Waals surface area contributed by atoms with Crippen LogP contribution in [0.1, 0.15) is 43.2 Å². The fraction of sp³-hybridized carbons (Fsp3) is 0.600. The van der Waals surface area contributed by atoms with E-state index >= 15 is 0 Å². The molecule has 25 heavy (non-hydrogen) atoms. The fourth-order valence-corrected chi connectivity index (χ4v) is 4.14. The maximum atomic E-state index is 12.5. The van der Waals surface area contributed by atoms with E-state index in [9.17, 15) is 9.59 Å². The Balaban J connectivity index is 1.46. The lowest BCUT2D eigenvalue weighted by molar-refractivity contribution is -0.133. The van der Waals surface area contributed by atoms with Gasteiger partial charge in [0.05, 0.1) is 6.04 Å². The van der Waals surface area contributed by atoms with Gasteiger partial charge in [0.2, 0.25) is 11.8 Å². The SMILES string of the molecule is Cc1ccc(CCC(=O)N2CCC(N3CCC[C@H]3C(N)=O)CC2)cc1. The van der Waals surface area contributed by atoms with Crippen LogP contribution in [0.15, 0.2) is 24.3 Å². The van der Waals surface area contributed by atoms with Crippen molar-refractivity contribution in [3.05, 3.63) is 35.4 Å². The van der Waals surface area contributed by atoms with Gasteiger partial charge in [0.25, 0.3) is 0 Å². The minimum atomic E-state index is -0.200. The van der Waals surface area contributed by atoms with Gasteiger partial charge < -0.3 is 10.6 Å². The van der Waals surface area contributed by atoms with Gasteiger partial charge in [-0.25, -0.2) is 0 Å². The normalized spacial score (nSPS) is 22.3. The second kappa shape index (κ2) is 8.00. The Kier molecular flexibility index (Phi) is 5.74. The van der Waals surface area contributed by atoms with Gasteiger partial charge in [-0.1, -0.05) is 29.8 Å². The predicted octanol–water partition coefficient (Wildman–Crippen LogP) is 1.87. The van der Waals surface area contributed by atoms with Crippen LogP contribution in [0, 0.1) is 6.92 Å². The average Bonchev–Trinajstić information content (AvgIpc) is 3.11. The number of carbonyl (C=O) groups excluding carboxylic acids is 2. The Hall–Kier alpha value is -1.88. The summed E-state index contributed by atoms with van der Waals surface area (Å²) < 4.78 is 0. The molecule has 2 heterocycles. The first kappa shape index (κ1) is 17.9. The molecule has 0 bridgehead atoms. The first-order valence-corrected chi connectivity index (χ1v) is 9.43. The summed E-state index contributed by atoms with van der Waals surface area (Å²) in [6, 6.07) is 8.68. The van der Waals surface area contributed by atoms with Crippen LogP contribution in [-0.2, 0) is 16.0 Å². The third kappa shape index (κ3) is 4.40. The highest BCUT2D eigenvalue weighted by atomic mass is 16.2. The molecular weight excluding hydrogens is 314 g/mol. The Morgan fingerprint density at radius 2 is 1.76 bits per heavy atom. The van der Waals surface area contributed by atoms with Crippen LogP contribution in [0.5, 0.6) is 0 Å². The quantitative estimate of drug-likeness (QED) is 0.887. The van der Waals surface area contributed by atoms with Crippen molar-refractivity contribution in [3.63, 3.8) is 0 Å². The molecule has 0 unspecified atom stereocenters. The van der Waals surface area contributed by atoms with E-state index in [1.54, 1.807) is 0 Å². The Labute approximate surface area is 150 Å². The van der Waals surface area contributed by atoms with Crippen LogP contribution in [0.4, 0.5) is 0 Å². The van der Waals surface area contributed by atoms with E-state index < -0.39 is 0 Å². The highest BCUT2D eigenvalue weighted by molar-refractivity contribution is 5.80. The number of hydrogen-bond acceptors (Lipinski definition) is 3. The summed E-state index contributed by atoms with van der Waals surface area (Å²) >= 11 is 0. The van der Waals surface area contributed by atoms with Gasteiger partial charge in [-0.15, -0.1) is 0 Å². The fourth-order valence-electron chi connectivity index (χ4n) is 4.14. The van der Waals surface area contributed by atoms with Crippen LogP contribution in [0.3, 0.4) is 0 Å². The summed E-state index contributed by atoms with van der Waals surface area (Å²) in [5, 5.41) is 0. The first-order chi connectivity index (χ1) is 12.0. The molecule has 2 amide bonds. The molecular formula is C20H29N3O2. The van der Waals surface area contributed by atoms with Crippen molar-refractivity contribution >= 4 is 11.8 Å². The molecule has 2 aliphatic rings. The van der Waals surface area contributed by atoms with E-state index in [4.69, 9.17) is 5.73 Å². The lowest BCUT2D eigenvalue weighted by Gasteiger charge is -2.38. The Bertz CT molecular complexity index is 606. The molecule has 0 aliphatic carbocycles. The van der Waals surface area contributed by atoms with Crippen molar-refractivity contribution in [3.8, 4) is 0 Å². The van der Waals surface area contributed by atoms with E-state index in [2.05, 4.69) is 36.1 Å². The van der Waals surface area contributed by atoms with Crippen molar-refractivity contribution in [1.82, 2.24) is 9.80 Å². The molecule has 0 saturated carbocycles. The molecule has 2 fully saturated rings. The van der Waals surface area contributed by atoms with Crippen molar-refractivity contribution in [1.29, 1.82) is 0 Å². The number of likely N-dealkylation sites (tertiary alicyclic amines) is 2. The zero-order valence-electron chi connectivity index (χ0n) is 15.1. The number of nitrogens with two attached hydrogens (primary N) is 1. The van der Waals surface area contributed by atoms with E-state index in [-0.39, 0.29) is 17.9 Å². The lowest BCUT2D eigenvalue weighted by Crippen LogP contribution is -2.51. The molecule has 5 heteroatoms. The molecule has 5 nitrogen and oxygen atoms in total. The number of hydrogen-bond donors (Lipinski definition) is 1. The number of piperidine rings is 1. The number of rotatable bonds is 5. The number of primary amides is 1. The number of benzene rings is 1. The van der Waals surface area contributed by atoms with Crippen molar-refractivity contribution < 1.29 is 9.59 Å². The third-order valence-corrected chi connectivity index (χ3v) is 5.66. The van der Waals surface area contributed by atoms with E-state index in [1.165, 1.54) is 11.1 Å². The molecule has 0 aromatic heterocycles. The van der Waals surface area contributed by atoms with Crippen molar-refractivity contribution in [2.45, 2.75) is 57.5 Å². The molecule has 0 radical (unpaired) electrons. The minimum Gasteiger partial charge on any atom is -0.368 e. The monoisotopic (exact) mass is 343 g/mol. The molecule has 0 spiro atoms. The zero-order valence-corrected chi connectivity index (χ0v) is 15.1. The maximum absolute atomic E-state index is 12.5. The summed E-state index contributed by atoms with van der Waals surface area (Å²) in [5.74, 6) is 0.0426. The Morgan fingerprint density at radius 1 is 1.08 bits per heavy atom. The molecule has 1 atom stereocenters. The second-order valence-corrected chi connectivity index (χ2v) is 7.40. The molecule has 1 aromatic rings. The highest BCUT2D eigenvalue weighted by Gasteiger charge is 2.36. The molecule has 2 saturated heterocycles. The third-order valence-electron chi connectivity index (χ3n) is 5.66. The van der Waals surface area contributed by atoms with E-state index in [1.807, 2.05) is 4.90 Å². The van der Waals surface area contributed by atoms with Crippen molar-refractivity contribution in [2.75, 3.05) is 19.6 Å². The van der Waals surface area contributed by atoms with Crippen LogP contribution < -0.4 is 5.73 Å². The van der Waals surface area contributed by atoms with Gasteiger partial charge in [0.15, 0.2) is 0 Å². The highest BCUT2D eigenvalue weighted by Crippen LogP contribution is 2.26. The van der Waals surface area contributed by atoms with Gasteiger partial charge in [0, 0.05) is 25.6 Å². The van der Waals surface area contributed by atoms with Crippen LogP contribution in [0.2, 0.25) is 0 Å². The standard InChI is InChI=1S/C20H29N3O2/c1-15-4-6-16(7-5-15)8-9-19(24)22-13-10-17(11-14-22)23-12-2-3-18(23)20(21)25/h4-7,17-18H,2-3,8-14H2,1H3,(H2,21,25)/t18-/m0/s1. The number of amides is 2. The number of nitrogens with zero attached hydrogens (tertiary/aromatic N) is 2. The lowest BCUT2D eigenvalue weighted by atomic mass is 10.0.